The van der Waals surface area contributed by atoms with Crippen molar-refractivity contribution in [1.82, 2.24) is 24.8 Å². The maximum Gasteiger partial charge on any atom is 0.417 e. The van der Waals surface area contributed by atoms with Crippen LogP contribution in [0.5, 0.6) is 0 Å². The number of hydrogen-bond acceptors (Lipinski definition) is 6. The molecule has 0 aromatic carbocycles. The molecule has 0 spiro atoms. The number of carbonyl (C=O) groups excluding carboxylic acids is 1. The summed E-state index contributed by atoms with van der Waals surface area (Å²) < 4.78 is 52.7. The van der Waals surface area contributed by atoms with Gasteiger partial charge in [-0.15, -0.1) is 0 Å². The minimum atomic E-state index is -4.68. The summed E-state index contributed by atoms with van der Waals surface area (Å²) in [5.74, 6) is -1.25. The van der Waals surface area contributed by atoms with Crippen molar-refractivity contribution < 1.29 is 22.4 Å². The first-order valence-electron chi connectivity index (χ1n) is 10.4. The lowest BCUT2D eigenvalue weighted by Gasteiger charge is -2.25. The van der Waals surface area contributed by atoms with E-state index in [2.05, 4.69) is 25.3 Å². The summed E-state index contributed by atoms with van der Waals surface area (Å²) >= 11 is 0. The van der Waals surface area contributed by atoms with Gasteiger partial charge in [0.1, 0.15) is 5.69 Å². The zero-order valence-corrected chi connectivity index (χ0v) is 17.1. The molecule has 3 aromatic heterocycles. The lowest BCUT2D eigenvalue weighted by molar-refractivity contribution is -0.138. The number of nitrogens with one attached hydrogen (secondary N) is 1. The number of rotatable bonds is 4. The molecule has 3 atom stereocenters. The SMILES string of the molecule is O=C(c1ncccc1-c1ncccn1)N1C2CCC1C(Nc1ncc(C(F)(F)F)cc1F)C2. The molecule has 2 aliphatic heterocycles. The fourth-order valence-corrected chi connectivity index (χ4v) is 4.65. The molecule has 3 unspecified atom stereocenters. The van der Waals surface area contributed by atoms with E-state index < -0.39 is 17.6 Å². The predicted molar refractivity (Wildman–Crippen MR) is 109 cm³/mol. The van der Waals surface area contributed by atoms with Crippen LogP contribution in [0, 0.1) is 5.82 Å². The number of pyridine rings is 2. The summed E-state index contributed by atoms with van der Waals surface area (Å²) in [6.07, 6.45) is 2.59. The number of aromatic nitrogens is 4. The Balaban J connectivity index is 1.38. The number of anilines is 1. The van der Waals surface area contributed by atoms with E-state index in [-0.39, 0.29) is 35.5 Å². The molecule has 3 aromatic rings. The van der Waals surface area contributed by atoms with Crippen LogP contribution in [0.25, 0.3) is 11.4 Å². The molecule has 2 bridgehead atoms. The van der Waals surface area contributed by atoms with Crippen molar-refractivity contribution in [3.05, 3.63) is 66.1 Å². The molecule has 33 heavy (non-hydrogen) atoms. The van der Waals surface area contributed by atoms with E-state index in [1.165, 1.54) is 6.20 Å². The summed E-state index contributed by atoms with van der Waals surface area (Å²) in [4.78, 5) is 31.6. The largest absolute Gasteiger partial charge is 0.417 e. The fourth-order valence-electron chi connectivity index (χ4n) is 4.65. The van der Waals surface area contributed by atoms with Crippen LogP contribution >= 0.6 is 0 Å². The molecule has 11 heteroatoms. The molecular formula is C22H18F4N6O. The molecule has 2 saturated heterocycles. The molecule has 0 saturated carbocycles. The summed E-state index contributed by atoms with van der Waals surface area (Å²) in [7, 11) is 0. The third-order valence-corrected chi connectivity index (χ3v) is 6.08. The van der Waals surface area contributed by atoms with E-state index in [0.29, 0.717) is 36.5 Å². The minimum Gasteiger partial charge on any atom is -0.363 e. The summed E-state index contributed by atoms with van der Waals surface area (Å²) in [6, 6.07) is 4.82. The van der Waals surface area contributed by atoms with Crippen molar-refractivity contribution in [2.75, 3.05) is 5.32 Å². The standard InChI is InChI=1S/C22H18F4N6O/c23-15-9-12(22(24,25)26)11-30-20(15)31-16-10-13-4-5-17(16)32(13)21(33)18-14(3-1-6-27-18)19-28-7-2-8-29-19/h1-3,6-9,11,13,16-17H,4-5,10H2,(H,30,31). The Hall–Kier alpha value is -3.63. The first kappa shape index (κ1) is 21.2. The van der Waals surface area contributed by atoms with E-state index in [0.717, 1.165) is 6.42 Å². The molecule has 5 rings (SSSR count). The highest BCUT2D eigenvalue weighted by molar-refractivity contribution is 5.99. The summed E-state index contributed by atoms with van der Waals surface area (Å²) in [5, 5.41) is 2.91. The van der Waals surface area contributed by atoms with Crippen molar-refractivity contribution in [2.24, 2.45) is 0 Å². The van der Waals surface area contributed by atoms with Gasteiger partial charge in [-0.2, -0.15) is 13.2 Å². The quantitative estimate of drug-likeness (QED) is 0.596. The van der Waals surface area contributed by atoms with Gasteiger partial charge < -0.3 is 10.2 Å². The number of nitrogens with zero attached hydrogens (tertiary/aromatic N) is 5. The van der Waals surface area contributed by atoms with Crippen molar-refractivity contribution in [2.45, 2.75) is 43.6 Å². The highest BCUT2D eigenvalue weighted by atomic mass is 19.4. The molecule has 2 aliphatic rings. The smallest absolute Gasteiger partial charge is 0.363 e. The van der Waals surface area contributed by atoms with E-state index in [1.807, 2.05) is 0 Å². The number of alkyl halides is 3. The second kappa shape index (κ2) is 8.05. The average Bonchev–Trinajstić information content (AvgIpc) is 3.37. The van der Waals surface area contributed by atoms with E-state index >= 15 is 0 Å². The topological polar surface area (TPSA) is 83.9 Å². The van der Waals surface area contributed by atoms with Gasteiger partial charge in [0.2, 0.25) is 0 Å². The van der Waals surface area contributed by atoms with E-state index in [9.17, 15) is 22.4 Å². The highest BCUT2D eigenvalue weighted by Gasteiger charge is 2.49. The number of carbonyl (C=O) groups is 1. The Morgan fingerprint density at radius 3 is 2.55 bits per heavy atom. The molecule has 2 fully saturated rings. The van der Waals surface area contributed by atoms with Gasteiger partial charge in [-0.05, 0) is 43.5 Å². The van der Waals surface area contributed by atoms with Gasteiger partial charge in [-0.1, -0.05) is 0 Å². The normalized spacial score (nSPS) is 21.9. The van der Waals surface area contributed by atoms with Crippen molar-refractivity contribution in [1.29, 1.82) is 0 Å². The van der Waals surface area contributed by atoms with Gasteiger partial charge in [0.05, 0.1) is 23.2 Å². The monoisotopic (exact) mass is 458 g/mol. The van der Waals surface area contributed by atoms with Crippen LogP contribution in [0.2, 0.25) is 0 Å². The second-order valence-corrected chi connectivity index (χ2v) is 8.02. The highest BCUT2D eigenvalue weighted by Crippen LogP contribution is 2.41. The molecular weight excluding hydrogens is 440 g/mol. The van der Waals surface area contributed by atoms with Gasteiger partial charge in [-0.25, -0.2) is 19.3 Å². The molecule has 5 heterocycles. The summed E-state index contributed by atoms with van der Waals surface area (Å²) in [5.41, 5.74) is -0.421. The zero-order chi connectivity index (χ0) is 23.2. The van der Waals surface area contributed by atoms with Gasteiger partial charge in [0, 0.05) is 30.8 Å². The number of hydrogen-bond donors (Lipinski definition) is 1. The number of fused-ring (bicyclic) bond motifs is 2. The Bertz CT molecular complexity index is 1190. The zero-order valence-electron chi connectivity index (χ0n) is 17.1. The van der Waals surface area contributed by atoms with Crippen LogP contribution in [0.1, 0.15) is 35.3 Å². The van der Waals surface area contributed by atoms with E-state index in [4.69, 9.17) is 0 Å². The maximum absolute atomic E-state index is 14.3. The molecule has 170 valence electrons. The van der Waals surface area contributed by atoms with Crippen LogP contribution < -0.4 is 5.32 Å². The molecule has 0 aliphatic carbocycles. The predicted octanol–water partition coefficient (Wildman–Crippen LogP) is 3.95. The third kappa shape index (κ3) is 3.87. The molecule has 1 N–H and O–H groups in total. The number of halogens is 4. The van der Waals surface area contributed by atoms with Gasteiger partial charge in [0.15, 0.2) is 17.5 Å². The van der Waals surface area contributed by atoms with Crippen LogP contribution in [-0.4, -0.2) is 48.9 Å². The van der Waals surface area contributed by atoms with Gasteiger partial charge in [-0.3, -0.25) is 9.78 Å². The third-order valence-electron chi connectivity index (χ3n) is 6.08. The van der Waals surface area contributed by atoms with Crippen LogP contribution in [0.15, 0.2) is 49.1 Å². The van der Waals surface area contributed by atoms with Crippen molar-refractivity contribution in [3.63, 3.8) is 0 Å². The average molecular weight is 458 g/mol. The lowest BCUT2D eigenvalue weighted by atomic mass is 9.95. The van der Waals surface area contributed by atoms with Crippen molar-refractivity contribution in [3.8, 4) is 11.4 Å². The Morgan fingerprint density at radius 1 is 1.06 bits per heavy atom. The van der Waals surface area contributed by atoms with Crippen LogP contribution in [0.3, 0.4) is 0 Å². The number of amides is 1. The molecule has 1 amide bonds. The fraction of sp³-hybridized carbons (Fsp3) is 0.318. The maximum atomic E-state index is 14.3. The Kier molecular flexibility index (Phi) is 5.18. The van der Waals surface area contributed by atoms with Crippen LogP contribution in [-0.2, 0) is 6.18 Å². The van der Waals surface area contributed by atoms with Crippen molar-refractivity contribution >= 4 is 11.7 Å². The summed E-state index contributed by atoms with van der Waals surface area (Å²) in [6.45, 7) is 0. The van der Waals surface area contributed by atoms with Gasteiger partial charge in [0.25, 0.3) is 5.91 Å². The molecule has 7 nitrogen and oxygen atoms in total. The lowest BCUT2D eigenvalue weighted by Crippen LogP contribution is -2.40. The first-order chi connectivity index (χ1) is 15.8. The second-order valence-electron chi connectivity index (χ2n) is 8.02. The Morgan fingerprint density at radius 2 is 1.82 bits per heavy atom. The van der Waals surface area contributed by atoms with Crippen LogP contribution in [0.4, 0.5) is 23.4 Å². The van der Waals surface area contributed by atoms with Gasteiger partial charge >= 0.3 is 6.18 Å². The van der Waals surface area contributed by atoms with E-state index in [1.54, 1.807) is 35.5 Å². The first-order valence-corrected chi connectivity index (χ1v) is 10.4. The Labute approximate surface area is 185 Å². The minimum absolute atomic E-state index is 0.0935. The molecule has 0 radical (unpaired) electrons.